The highest BCUT2D eigenvalue weighted by Gasteiger charge is 2.20. The van der Waals surface area contributed by atoms with E-state index in [-0.39, 0.29) is 17.1 Å². The number of thioether (sulfide) groups is 1. The molecular weight excluding hydrogens is 502 g/mol. The van der Waals surface area contributed by atoms with Gasteiger partial charge in [0.05, 0.1) is 18.1 Å². The van der Waals surface area contributed by atoms with Gasteiger partial charge >= 0.3 is 0 Å². The smallest absolute Gasteiger partial charge is 0.248 e. The van der Waals surface area contributed by atoms with Crippen LogP contribution in [0.25, 0.3) is 17.3 Å². The second-order valence-electron chi connectivity index (χ2n) is 8.03. The molecule has 0 aliphatic carbocycles. The van der Waals surface area contributed by atoms with Gasteiger partial charge in [-0.2, -0.15) is 0 Å². The number of benzene rings is 3. The van der Waals surface area contributed by atoms with Gasteiger partial charge in [0.15, 0.2) is 5.13 Å². The Morgan fingerprint density at radius 2 is 1.81 bits per heavy atom. The maximum absolute atomic E-state index is 13.0. The van der Waals surface area contributed by atoms with E-state index in [4.69, 9.17) is 4.74 Å². The highest BCUT2D eigenvalue weighted by atomic mass is 32.2. The van der Waals surface area contributed by atoms with E-state index in [0.29, 0.717) is 17.2 Å². The SMILES string of the molecule is CCC(Sc1cccc(NC(=O)/C=C/c2ccccc2)c1)C(=O)Nc1nc(-c2ccc(OC)cc2)cs1. The zero-order valence-corrected chi connectivity index (χ0v) is 22.1. The van der Waals surface area contributed by atoms with Crippen molar-refractivity contribution in [2.75, 3.05) is 17.7 Å². The number of carbonyl (C=O) groups excluding carboxylic acids is 2. The number of rotatable bonds is 10. The number of aromatic nitrogens is 1. The topological polar surface area (TPSA) is 80.3 Å². The summed E-state index contributed by atoms with van der Waals surface area (Å²) in [5, 5.41) is 8.00. The van der Waals surface area contributed by atoms with Gasteiger partial charge in [-0.15, -0.1) is 23.1 Å². The highest BCUT2D eigenvalue weighted by molar-refractivity contribution is 8.00. The molecular formula is C29H27N3O3S2. The fraction of sp³-hybridized carbons (Fsp3) is 0.138. The summed E-state index contributed by atoms with van der Waals surface area (Å²) in [7, 11) is 1.63. The summed E-state index contributed by atoms with van der Waals surface area (Å²) in [4.78, 5) is 30.8. The van der Waals surface area contributed by atoms with E-state index in [9.17, 15) is 9.59 Å². The van der Waals surface area contributed by atoms with E-state index < -0.39 is 0 Å². The average Bonchev–Trinajstić information content (AvgIpc) is 3.39. The van der Waals surface area contributed by atoms with Crippen molar-refractivity contribution in [3.63, 3.8) is 0 Å². The van der Waals surface area contributed by atoms with E-state index in [1.165, 1.54) is 29.2 Å². The average molecular weight is 530 g/mol. The fourth-order valence-corrected chi connectivity index (χ4v) is 5.20. The second kappa shape index (κ2) is 12.9. The minimum absolute atomic E-state index is 0.108. The molecule has 2 N–H and O–H groups in total. The third-order valence-electron chi connectivity index (χ3n) is 5.39. The number of thiazole rings is 1. The van der Waals surface area contributed by atoms with Crippen LogP contribution in [0.5, 0.6) is 5.75 Å². The first-order chi connectivity index (χ1) is 18.0. The normalized spacial score (nSPS) is 11.7. The summed E-state index contributed by atoms with van der Waals surface area (Å²) >= 11 is 2.85. The molecule has 1 heterocycles. The minimum Gasteiger partial charge on any atom is -0.497 e. The zero-order valence-electron chi connectivity index (χ0n) is 20.5. The Morgan fingerprint density at radius 1 is 1.03 bits per heavy atom. The molecule has 0 bridgehead atoms. The van der Waals surface area contributed by atoms with Gasteiger partial charge in [-0.25, -0.2) is 4.98 Å². The van der Waals surface area contributed by atoms with Gasteiger partial charge in [-0.1, -0.05) is 43.3 Å². The van der Waals surface area contributed by atoms with Crippen LogP contribution >= 0.6 is 23.1 Å². The van der Waals surface area contributed by atoms with Crippen LogP contribution in [0.1, 0.15) is 18.9 Å². The minimum atomic E-state index is -0.308. The van der Waals surface area contributed by atoms with Crippen molar-refractivity contribution in [2.24, 2.45) is 0 Å². The number of anilines is 2. The van der Waals surface area contributed by atoms with E-state index in [2.05, 4.69) is 15.6 Å². The quantitative estimate of drug-likeness (QED) is 0.171. The van der Waals surface area contributed by atoms with Crippen LogP contribution in [-0.2, 0) is 9.59 Å². The summed E-state index contributed by atoms with van der Waals surface area (Å²) in [5.41, 5.74) is 3.38. The predicted octanol–water partition coefficient (Wildman–Crippen LogP) is 6.98. The molecule has 37 heavy (non-hydrogen) atoms. The van der Waals surface area contributed by atoms with Crippen molar-refractivity contribution in [3.8, 4) is 17.0 Å². The number of nitrogens with zero attached hydrogens (tertiary/aromatic N) is 1. The van der Waals surface area contributed by atoms with Gasteiger partial charge in [-0.3, -0.25) is 9.59 Å². The molecule has 3 aromatic carbocycles. The lowest BCUT2D eigenvalue weighted by Crippen LogP contribution is -2.24. The molecule has 1 unspecified atom stereocenters. The molecule has 0 saturated heterocycles. The number of ether oxygens (including phenoxy) is 1. The van der Waals surface area contributed by atoms with Gasteiger partial charge in [-0.05, 0) is 60.5 Å². The molecule has 2 amide bonds. The number of nitrogens with one attached hydrogen (secondary N) is 2. The fourth-order valence-electron chi connectivity index (χ4n) is 3.47. The molecule has 1 atom stereocenters. The Balaban J connectivity index is 1.35. The zero-order chi connectivity index (χ0) is 26.0. The Labute approximate surface area is 224 Å². The van der Waals surface area contributed by atoms with E-state index in [1.807, 2.05) is 91.2 Å². The van der Waals surface area contributed by atoms with Crippen molar-refractivity contribution < 1.29 is 14.3 Å². The van der Waals surface area contributed by atoms with Crippen LogP contribution in [-0.4, -0.2) is 29.2 Å². The molecule has 188 valence electrons. The summed E-state index contributed by atoms with van der Waals surface area (Å²) in [6.07, 6.45) is 3.92. The molecule has 0 aliphatic heterocycles. The molecule has 4 aromatic rings. The lowest BCUT2D eigenvalue weighted by atomic mass is 10.2. The monoisotopic (exact) mass is 529 g/mol. The largest absolute Gasteiger partial charge is 0.497 e. The molecule has 4 rings (SSSR count). The molecule has 0 fully saturated rings. The standard InChI is InChI=1S/C29H27N3O3S2/c1-3-26(28(34)32-29-31-25(19-36-29)21-13-15-23(35-2)16-14-21)37-24-11-7-10-22(18-24)30-27(33)17-12-20-8-5-4-6-9-20/h4-19,26H,3H2,1-2H3,(H,30,33)(H,31,32,34)/b17-12+. The molecule has 8 heteroatoms. The molecule has 0 aliphatic rings. The van der Waals surface area contributed by atoms with Crippen LogP contribution in [0.3, 0.4) is 0 Å². The van der Waals surface area contributed by atoms with Crippen LogP contribution in [0.4, 0.5) is 10.8 Å². The van der Waals surface area contributed by atoms with Gasteiger partial charge in [0, 0.05) is 27.6 Å². The van der Waals surface area contributed by atoms with Crippen LogP contribution in [0.2, 0.25) is 0 Å². The van der Waals surface area contributed by atoms with Crippen molar-refractivity contribution in [3.05, 3.63) is 95.9 Å². The third-order valence-corrected chi connectivity index (χ3v) is 7.51. The van der Waals surface area contributed by atoms with Crippen molar-refractivity contribution in [2.45, 2.75) is 23.5 Å². The Kier molecular flexibility index (Phi) is 9.13. The van der Waals surface area contributed by atoms with Crippen molar-refractivity contribution in [1.29, 1.82) is 0 Å². The number of hydrogen-bond acceptors (Lipinski definition) is 6. The number of hydrogen-bond donors (Lipinski definition) is 2. The Morgan fingerprint density at radius 3 is 2.54 bits per heavy atom. The molecule has 1 aromatic heterocycles. The van der Waals surface area contributed by atoms with E-state index in [1.54, 1.807) is 13.2 Å². The van der Waals surface area contributed by atoms with Crippen LogP contribution in [0.15, 0.2) is 95.2 Å². The molecule has 6 nitrogen and oxygen atoms in total. The van der Waals surface area contributed by atoms with E-state index >= 15 is 0 Å². The van der Waals surface area contributed by atoms with Crippen LogP contribution in [0, 0.1) is 0 Å². The first-order valence-electron chi connectivity index (χ1n) is 11.8. The number of methoxy groups -OCH3 is 1. The Bertz CT molecular complexity index is 1370. The maximum Gasteiger partial charge on any atom is 0.248 e. The first-order valence-corrected chi connectivity index (χ1v) is 13.5. The lowest BCUT2D eigenvalue weighted by molar-refractivity contribution is -0.115. The molecule has 0 radical (unpaired) electrons. The van der Waals surface area contributed by atoms with Crippen LogP contribution < -0.4 is 15.4 Å². The summed E-state index contributed by atoms with van der Waals surface area (Å²) < 4.78 is 5.20. The number of amides is 2. The van der Waals surface area contributed by atoms with E-state index in [0.717, 1.165) is 27.5 Å². The van der Waals surface area contributed by atoms with Gasteiger partial charge in [0.2, 0.25) is 11.8 Å². The lowest BCUT2D eigenvalue weighted by Gasteiger charge is -2.14. The first kappa shape index (κ1) is 26.2. The number of carbonyl (C=O) groups is 2. The van der Waals surface area contributed by atoms with Gasteiger partial charge in [0.25, 0.3) is 0 Å². The van der Waals surface area contributed by atoms with Gasteiger partial charge < -0.3 is 15.4 Å². The maximum atomic E-state index is 13.0. The third kappa shape index (κ3) is 7.55. The summed E-state index contributed by atoms with van der Waals surface area (Å²) in [5.74, 6) is 0.457. The second-order valence-corrected chi connectivity index (χ2v) is 10.2. The van der Waals surface area contributed by atoms with Gasteiger partial charge in [0.1, 0.15) is 5.75 Å². The molecule has 0 saturated carbocycles. The Hall–Kier alpha value is -3.88. The van der Waals surface area contributed by atoms with Crippen molar-refractivity contribution in [1.82, 2.24) is 4.98 Å². The highest BCUT2D eigenvalue weighted by Crippen LogP contribution is 2.30. The molecule has 0 spiro atoms. The predicted molar refractivity (Wildman–Crippen MR) is 153 cm³/mol. The summed E-state index contributed by atoms with van der Waals surface area (Å²) in [6.45, 7) is 1.97. The van der Waals surface area contributed by atoms with Crippen molar-refractivity contribution >= 4 is 51.8 Å². The summed E-state index contributed by atoms with van der Waals surface area (Å²) in [6, 6.07) is 24.8.